The van der Waals surface area contributed by atoms with Crippen molar-refractivity contribution >= 4 is 40.5 Å². The van der Waals surface area contributed by atoms with Crippen LogP contribution in [0.5, 0.6) is 5.75 Å². The first kappa shape index (κ1) is 22.4. The maximum atomic E-state index is 12.4. The van der Waals surface area contributed by atoms with Crippen molar-refractivity contribution in [3.63, 3.8) is 0 Å². The molecule has 3 N–H and O–H groups in total. The zero-order chi connectivity index (χ0) is 21.2. The molecule has 7 heteroatoms. The zero-order valence-corrected chi connectivity index (χ0v) is 17.8. The number of benzene rings is 2. The molecule has 0 aliphatic heterocycles. The molecule has 0 unspecified atom stereocenters. The summed E-state index contributed by atoms with van der Waals surface area (Å²) in [5, 5.41) is 8.54. The van der Waals surface area contributed by atoms with Crippen molar-refractivity contribution in [3.05, 3.63) is 54.1 Å². The van der Waals surface area contributed by atoms with Gasteiger partial charge in [0.15, 0.2) is 5.11 Å². The van der Waals surface area contributed by atoms with Crippen LogP contribution in [-0.4, -0.2) is 23.5 Å². The highest BCUT2D eigenvalue weighted by Crippen LogP contribution is 2.16. The molecule has 0 aliphatic carbocycles. The molecular weight excluding hydrogens is 386 g/mol. The van der Waals surface area contributed by atoms with Crippen LogP contribution < -0.4 is 20.7 Å². The van der Waals surface area contributed by atoms with Gasteiger partial charge in [-0.1, -0.05) is 26.8 Å². The normalized spacial score (nSPS) is 10.3. The van der Waals surface area contributed by atoms with E-state index in [-0.39, 0.29) is 16.9 Å². The Balaban J connectivity index is 1.88. The van der Waals surface area contributed by atoms with Gasteiger partial charge in [0.1, 0.15) is 5.75 Å². The van der Waals surface area contributed by atoms with E-state index in [1.807, 2.05) is 0 Å². The van der Waals surface area contributed by atoms with E-state index >= 15 is 0 Å². The Hall–Kier alpha value is -2.93. The molecule has 0 saturated carbocycles. The number of anilines is 2. The Labute approximate surface area is 177 Å². The first-order valence-electron chi connectivity index (χ1n) is 9.62. The van der Waals surface area contributed by atoms with Crippen LogP contribution in [0.25, 0.3) is 0 Å². The lowest BCUT2D eigenvalue weighted by molar-refractivity contribution is -0.115. The highest BCUT2D eigenvalue weighted by atomic mass is 32.1. The van der Waals surface area contributed by atoms with Crippen molar-refractivity contribution in [2.75, 3.05) is 17.2 Å². The Kier molecular flexibility index (Phi) is 8.61. The van der Waals surface area contributed by atoms with E-state index in [0.29, 0.717) is 35.9 Å². The Morgan fingerprint density at radius 2 is 1.69 bits per heavy atom. The molecule has 2 amide bonds. The summed E-state index contributed by atoms with van der Waals surface area (Å²) in [6.07, 6.45) is 1.37. The standard InChI is InChI=1S/C22H27N3O3S/c1-4-20(26)23-17-6-5-7-18(14-17)24-22(29)25-21(27)16-8-10-19(11-9-16)28-13-12-15(2)3/h5-11,14-15H,4,12-13H2,1-3H3,(H,23,26)(H2,24,25,27,29). The fraction of sp³-hybridized carbons (Fsp3) is 0.318. The quantitative estimate of drug-likeness (QED) is 0.552. The number of hydrogen-bond donors (Lipinski definition) is 3. The largest absolute Gasteiger partial charge is 0.494 e. The predicted molar refractivity (Wildman–Crippen MR) is 120 cm³/mol. The highest BCUT2D eigenvalue weighted by Gasteiger charge is 2.09. The SMILES string of the molecule is CCC(=O)Nc1cccc(NC(=S)NC(=O)c2ccc(OCCC(C)C)cc2)c1. The summed E-state index contributed by atoms with van der Waals surface area (Å²) in [6, 6.07) is 14.0. The molecule has 0 spiro atoms. The van der Waals surface area contributed by atoms with Crippen molar-refractivity contribution in [3.8, 4) is 5.75 Å². The van der Waals surface area contributed by atoms with Crippen molar-refractivity contribution in [1.29, 1.82) is 0 Å². The molecule has 154 valence electrons. The van der Waals surface area contributed by atoms with E-state index in [9.17, 15) is 9.59 Å². The van der Waals surface area contributed by atoms with Crippen LogP contribution in [0.3, 0.4) is 0 Å². The van der Waals surface area contributed by atoms with Gasteiger partial charge in [0.05, 0.1) is 6.61 Å². The second-order valence-electron chi connectivity index (χ2n) is 6.95. The van der Waals surface area contributed by atoms with Crippen molar-refractivity contribution in [2.45, 2.75) is 33.6 Å². The van der Waals surface area contributed by atoms with E-state index < -0.39 is 0 Å². The molecule has 2 aromatic carbocycles. The smallest absolute Gasteiger partial charge is 0.257 e. The number of thiocarbonyl (C=S) groups is 1. The zero-order valence-electron chi connectivity index (χ0n) is 17.0. The van der Waals surface area contributed by atoms with E-state index in [2.05, 4.69) is 29.8 Å². The Bertz CT molecular complexity index is 851. The Morgan fingerprint density at radius 1 is 1.03 bits per heavy atom. The van der Waals surface area contributed by atoms with Gasteiger partial charge in [0, 0.05) is 23.4 Å². The van der Waals surface area contributed by atoms with Gasteiger partial charge in [-0.2, -0.15) is 0 Å². The molecule has 0 aromatic heterocycles. The number of ether oxygens (including phenoxy) is 1. The van der Waals surface area contributed by atoms with Crippen LogP contribution in [0.15, 0.2) is 48.5 Å². The molecule has 0 radical (unpaired) electrons. The van der Waals surface area contributed by atoms with Gasteiger partial charge < -0.3 is 15.4 Å². The molecular formula is C22H27N3O3S. The average Bonchev–Trinajstić information content (AvgIpc) is 2.68. The van der Waals surface area contributed by atoms with Crippen LogP contribution in [0.2, 0.25) is 0 Å². The molecule has 0 atom stereocenters. The lowest BCUT2D eigenvalue weighted by atomic mass is 10.1. The number of amides is 2. The summed E-state index contributed by atoms with van der Waals surface area (Å²) < 4.78 is 5.66. The van der Waals surface area contributed by atoms with Gasteiger partial charge in [-0.15, -0.1) is 0 Å². The van der Waals surface area contributed by atoms with Crippen molar-refractivity contribution in [2.24, 2.45) is 5.92 Å². The van der Waals surface area contributed by atoms with Gasteiger partial charge in [0.25, 0.3) is 5.91 Å². The summed E-state index contributed by atoms with van der Waals surface area (Å²) >= 11 is 5.22. The predicted octanol–water partition coefficient (Wildman–Crippen LogP) is 4.59. The molecule has 2 aromatic rings. The van der Waals surface area contributed by atoms with Gasteiger partial charge in [-0.3, -0.25) is 14.9 Å². The van der Waals surface area contributed by atoms with E-state index in [0.717, 1.165) is 12.2 Å². The number of carbonyl (C=O) groups excluding carboxylic acids is 2. The third-order valence-electron chi connectivity index (χ3n) is 4.03. The first-order valence-corrected chi connectivity index (χ1v) is 10.0. The molecule has 2 rings (SSSR count). The molecule has 0 fully saturated rings. The summed E-state index contributed by atoms with van der Waals surface area (Å²) in [5.74, 6) is 0.923. The highest BCUT2D eigenvalue weighted by molar-refractivity contribution is 7.80. The fourth-order valence-corrected chi connectivity index (χ4v) is 2.59. The molecule has 6 nitrogen and oxygen atoms in total. The van der Waals surface area contributed by atoms with Gasteiger partial charge in [0.2, 0.25) is 5.91 Å². The third-order valence-corrected chi connectivity index (χ3v) is 4.24. The van der Waals surface area contributed by atoms with E-state index in [1.54, 1.807) is 55.5 Å². The van der Waals surface area contributed by atoms with Gasteiger partial charge in [-0.05, 0) is 67.0 Å². The van der Waals surface area contributed by atoms with Crippen LogP contribution in [0, 0.1) is 5.92 Å². The fourth-order valence-electron chi connectivity index (χ4n) is 2.38. The summed E-state index contributed by atoms with van der Waals surface area (Å²) in [6.45, 7) is 6.72. The minimum absolute atomic E-state index is 0.0744. The number of hydrogen-bond acceptors (Lipinski definition) is 4. The second kappa shape index (κ2) is 11.2. The Morgan fingerprint density at radius 3 is 2.31 bits per heavy atom. The molecule has 29 heavy (non-hydrogen) atoms. The number of carbonyl (C=O) groups is 2. The molecule has 0 saturated heterocycles. The van der Waals surface area contributed by atoms with Gasteiger partial charge in [-0.25, -0.2) is 0 Å². The number of nitrogens with one attached hydrogen (secondary N) is 3. The van der Waals surface area contributed by atoms with Crippen LogP contribution in [0.4, 0.5) is 11.4 Å². The van der Waals surface area contributed by atoms with Gasteiger partial charge >= 0.3 is 0 Å². The monoisotopic (exact) mass is 413 g/mol. The van der Waals surface area contributed by atoms with Crippen LogP contribution in [0.1, 0.15) is 44.0 Å². The average molecular weight is 414 g/mol. The summed E-state index contributed by atoms with van der Waals surface area (Å²) in [5.41, 5.74) is 1.80. The van der Waals surface area contributed by atoms with E-state index in [1.165, 1.54) is 0 Å². The maximum Gasteiger partial charge on any atom is 0.257 e. The topological polar surface area (TPSA) is 79.5 Å². The lowest BCUT2D eigenvalue weighted by Gasteiger charge is -2.12. The summed E-state index contributed by atoms with van der Waals surface area (Å²) in [7, 11) is 0. The van der Waals surface area contributed by atoms with Crippen LogP contribution >= 0.6 is 12.2 Å². The minimum Gasteiger partial charge on any atom is -0.494 e. The van der Waals surface area contributed by atoms with Crippen LogP contribution in [-0.2, 0) is 4.79 Å². The number of rotatable bonds is 8. The minimum atomic E-state index is -0.313. The van der Waals surface area contributed by atoms with Crippen molar-refractivity contribution in [1.82, 2.24) is 5.32 Å². The third kappa shape index (κ3) is 7.91. The lowest BCUT2D eigenvalue weighted by Crippen LogP contribution is -2.34. The molecule has 0 heterocycles. The molecule has 0 aliphatic rings. The first-order chi connectivity index (χ1) is 13.9. The van der Waals surface area contributed by atoms with E-state index in [4.69, 9.17) is 17.0 Å². The second-order valence-corrected chi connectivity index (χ2v) is 7.35. The summed E-state index contributed by atoms with van der Waals surface area (Å²) in [4.78, 5) is 23.9. The van der Waals surface area contributed by atoms with Crippen molar-refractivity contribution < 1.29 is 14.3 Å². The molecule has 0 bridgehead atoms. The maximum absolute atomic E-state index is 12.4.